The molecule has 0 aliphatic carbocycles. The first-order chi connectivity index (χ1) is 18.0. The van der Waals surface area contributed by atoms with E-state index in [1.807, 2.05) is 24.3 Å². The Morgan fingerprint density at radius 1 is 1.00 bits per heavy atom. The predicted molar refractivity (Wildman–Crippen MR) is 137 cm³/mol. The zero-order valence-electron chi connectivity index (χ0n) is 20.4. The van der Waals surface area contributed by atoms with Gasteiger partial charge in [0.15, 0.2) is 23.1 Å². The molecule has 1 aliphatic heterocycles. The number of hydrogen-bond donors (Lipinski definition) is 1. The fourth-order valence-corrected chi connectivity index (χ4v) is 4.27. The number of fused-ring (bicyclic) bond motifs is 1. The molecular weight excluding hydrogens is 480 g/mol. The molecule has 0 atom stereocenters. The van der Waals surface area contributed by atoms with Gasteiger partial charge in [0, 0.05) is 31.7 Å². The van der Waals surface area contributed by atoms with Gasteiger partial charge < -0.3 is 14.8 Å². The molecule has 2 aromatic heterocycles. The van der Waals surface area contributed by atoms with E-state index in [2.05, 4.69) is 20.2 Å². The number of methoxy groups -OCH3 is 1. The molecule has 0 bridgehead atoms. The monoisotopic (exact) mass is 507 g/mol. The van der Waals surface area contributed by atoms with Gasteiger partial charge in [-0.05, 0) is 48.0 Å². The van der Waals surface area contributed by atoms with Crippen LogP contribution in [0.2, 0.25) is 0 Å². The van der Waals surface area contributed by atoms with Gasteiger partial charge in [-0.25, -0.2) is 18.7 Å². The van der Waals surface area contributed by atoms with Gasteiger partial charge in [-0.1, -0.05) is 12.1 Å². The third kappa shape index (κ3) is 5.60. The van der Waals surface area contributed by atoms with E-state index < -0.39 is 11.6 Å². The number of halogens is 2. The fraction of sp³-hybridized carbons (Fsp3) is 0.296. The summed E-state index contributed by atoms with van der Waals surface area (Å²) in [6.07, 6.45) is 0. The molecule has 0 saturated carbocycles. The molecule has 8 nitrogen and oxygen atoms in total. The van der Waals surface area contributed by atoms with Crippen molar-refractivity contribution in [3.63, 3.8) is 0 Å². The average Bonchev–Trinajstić information content (AvgIpc) is 2.93. The lowest BCUT2D eigenvalue weighted by atomic mass is 10.1. The van der Waals surface area contributed by atoms with Crippen molar-refractivity contribution in [3.05, 3.63) is 82.1 Å². The molecule has 0 unspecified atom stereocenters. The number of pyridine rings is 1. The van der Waals surface area contributed by atoms with E-state index in [4.69, 9.17) is 9.47 Å². The molecule has 0 amide bonds. The summed E-state index contributed by atoms with van der Waals surface area (Å²) in [7, 11) is 1.59. The van der Waals surface area contributed by atoms with Gasteiger partial charge in [-0.15, -0.1) is 0 Å². The Balaban J connectivity index is 1.51. The van der Waals surface area contributed by atoms with Crippen molar-refractivity contribution in [3.8, 4) is 17.0 Å². The second kappa shape index (κ2) is 11.0. The summed E-state index contributed by atoms with van der Waals surface area (Å²) in [5, 5.41) is 3.19. The lowest BCUT2D eigenvalue weighted by Gasteiger charge is -2.26. The van der Waals surface area contributed by atoms with Crippen LogP contribution in [0.25, 0.3) is 22.4 Å². The molecule has 5 rings (SSSR count). The van der Waals surface area contributed by atoms with E-state index in [-0.39, 0.29) is 17.9 Å². The third-order valence-electron chi connectivity index (χ3n) is 6.33. The molecule has 1 aliphatic rings. The highest BCUT2D eigenvalue weighted by molar-refractivity contribution is 5.76. The standard InChI is InChI=1S/C27H27F2N5O3/c1-36-20-5-2-18(3-6-20)17-34-26-24(9-8-23(32-26)19-4-7-21(28)22(29)16-19)31-25(27(34)35)30-10-11-33-12-14-37-15-13-33/h2-9,16H,10-15,17H2,1H3,(H,30,31). The number of ether oxygens (including phenoxy) is 2. The van der Waals surface area contributed by atoms with Gasteiger partial charge in [-0.2, -0.15) is 0 Å². The van der Waals surface area contributed by atoms with Crippen LogP contribution < -0.4 is 15.6 Å². The zero-order valence-corrected chi connectivity index (χ0v) is 20.4. The van der Waals surface area contributed by atoms with Gasteiger partial charge in [0.05, 0.1) is 32.6 Å². The van der Waals surface area contributed by atoms with Crippen molar-refractivity contribution in [2.24, 2.45) is 0 Å². The van der Waals surface area contributed by atoms with E-state index in [0.717, 1.165) is 37.3 Å². The average molecular weight is 508 g/mol. The largest absolute Gasteiger partial charge is 0.497 e. The Hall–Kier alpha value is -3.89. The molecule has 10 heteroatoms. The molecule has 0 radical (unpaired) electrons. The SMILES string of the molecule is COc1ccc(Cn2c(=O)c(NCCN3CCOCC3)nc3ccc(-c4ccc(F)c(F)c4)nc32)cc1. The lowest BCUT2D eigenvalue weighted by molar-refractivity contribution is 0.0398. The van der Waals surface area contributed by atoms with Crippen molar-refractivity contribution < 1.29 is 18.3 Å². The number of nitrogens with one attached hydrogen (secondary N) is 1. The lowest BCUT2D eigenvalue weighted by Crippen LogP contribution is -2.39. The summed E-state index contributed by atoms with van der Waals surface area (Å²) in [6.45, 7) is 4.67. The highest BCUT2D eigenvalue weighted by atomic mass is 19.2. The highest BCUT2D eigenvalue weighted by Crippen LogP contribution is 2.23. The second-order valence-electron chi connectivity index (χ2n) is 8.75. The molecule has 37 heavy (non-hydrogen) atoms. The molecule has 1 saturated heterocycles. The summed E-state index contributed by atoms with van der Waals surface area (Å²) < 4.78 is 39.5. The van der Waals surface area contributed by atoms with Gasteiger partial charge in [0.25, 0.3) is 5.56 Å². The number of anilines is 1. The fourth-order valence-electron chi connectivity index (χ4n) is 4.27. The smallest absolute Gasteiger partial charge is 0.295 e. The zero-order chi connectivity index (χ0) is 25.8. The number of aromatic nitrogens is 3. The summed E-state index contributed by atoms with van der Waals surface area (Å²) >= 11 is 0. The molecule has 2 aromatic carbocycles. The number of benzene rings is 2. The van der Waals surface area contributed by atoms with Crippen LogP contribution in [0.15, 0.2) is 59.4 Å². The Morgan fingerprint density at radius 2 is 1.78 bits per heavy atom. The van der Waals surface area contributed by atoms with E-state index in [1.165, 1.54) is 6.07 Å². The summed E-state index contributed by atoms with van der Waals surface area (Å²) in [4.78, 5) is 25.0. The third-order valence-corrected chi connectivity index (χ3v) is 6.33. The molecular formula is C27H27F2N5O3. The molecule has 1 N–H and O–H groups in total. The van der Waals surface area contributed by atoms with Crippen molar-refractivity contribution in [1.29, 1.82) is 0 Å². The van der Waals surface area contributed by atoms with Gasteiger partial charge >= 0.3 is 0 Å². The predicted octanol–water partition coefficient (Wildman–Crippen LogP) is 3.54. The molecule has 0 spiro atoms. The van der Waals surface area contributed by atoms with Crippen LogP contribution in [0.3, 0.4) is 0 Å². The van der Waals surface area contributed by atoms with Crippen LogP contribution in [0.4, 0.5) is 14.6 Å². The van der Waals surface area contributed by atoms with Crippen LogP contribution >= 0.6 is 0 Å². The van der Waals surface area contributed by atoms with Gasteiger partial charge in [0.1, 0.15) is 11.3 Å². The van der Waals surface area contributed by atoms with E-state index in [9.17, 15) is 13.6 Å². The minimum atomic E-state index is -0.965. The summed E-state index contributed by atoms with van der Waals surface area (Å²) in [5.74, 6) is -0.958. The molecule has 1 fully saturated rings. The van der Waals surface area contributed by atoms with Gasteiger partial charge in [-0.3, -0.25) is 14.3 Å². The van der Waals surface area contributed by atoms with Crippen molar-refractivity contribution in [2.45, 2.75) is 6.54 Å². The normalized spacial score (nSPS) is 14.1. The molecule has 192 valence electrons. The quantitative estimate of drug-likeness (QED) is 0.391. The van der Waals surface area contributed by atoms with Crippen molar-refractivity contribution in [2.75, 3.05) is 51.8 Å². The Morgan fingerprint density at radius 3 is 2.51 bits per heavy atom. The highest BCUT2D eigenvalue weighted by Gasteiger charge is 2.16. The minimum absolute atomic E-state index is 0.233. The van der Waals surface area contributed by atoms with Crippen LogP contribution in [0.5, 0.6) is 5.75 Å². The Kier molecular flexibility index (Phi) is 7.38. The maximum absolute atomic E-state index is 13.9. The van der Waals surface area contributed by atoms with Crippen LogP contribution in [0, 0.1) is 11.6 Å². The molecule has 4 aromatic rings. The van der Waals surface area contributed by atoms with Crippen LogP contribution in [-0.4, -0.2) is 65.9 Å². The maximum Gasteiger partial charge on any atom is 0.295 e. The van der Waals surface area contributed by atoms with Crippen molar-refractivity contribution >= 4 is 17.0 Å². The summed E-state index contributed by atoms with van der Waals surface area (Å²) in [6, 6.07) is 14.4. The van der Waals surface area contributed by atoms with Crippen LogP contribution in [-0.2, 0) is 11.3 Å². The summed E-state index contributed by atoms with van der Waals surface area (Å²) in [5.41, 5.74) is 2.21. The van der Waals surface area contributed by atoms with E-state index in [1.54, 1.807) is 23.8 Å². The molecule has 3 heterocycles. The van der Waals surface area contributed by atoms with Gasteiger partial charge in [0.2, 0.25) is 0 Å². The Bertz CT molecular complexity index is 1450. The number of hydrogen-bond acceptors (Lipinski definition) is 7. The van der Waals surface area contributed by atoms with Crippen LogP contribution in [0.1, 0.15) is 5.56 Å². The van der Waals surface area contributed by atoms with E-state index in [0.29, 0.717) is 47.9 Å². The topological polar surface area (TPSA) is 81.5 Å². The maximum atomic E-state index is 13.9. The first kappa shape index (κ1) is 24.8. The first-order valence-electron chi connectivity index (χ1n) is 12.1. The number of morpholine rings is 1. The van der Waals surface area contributed by atoms with E-state index >= 15 is 0 Å². The minimum Gasteiger partial charge on any atom is -0.497 e. The number of nitrogens with zero attached hydrogens (tertiary/aromatic N) is 4. The number of rotatable bonds is 8. The van der Waals surface area contributed by atoms with Crippen molar-refractivity contribution in [1.82, 2.24) is 19.4 Å². The Labute approximate surface area is 212 Å². The first-order valence-corrected chi connectivity index (χ1v) is 12.1. The second-order valence-corrected chi connectivity index (χ2v) is 8.75.